The van der Waals surface area contributed by atoms with Crippen molar-refractivity contribution in [3.63, 3.8) is 0 Å². The number of aryl methyl sites for hydroxylation is 1. The normalized spacial score (nSPS) is 10.2. The van der Waals surface area contributed by atoms with Crippen molar-refractivity contribution in [1.29, 1.82) is 0 Å². The first-order valence-electron chi connectivity index (χ1n) is 6.43. The van der Waals surface area contributed by atoms with Crippen molar-refractivity contribution in [1.82, 2.24) is 0 Å². The summed E-state index contributed by atoms with van der Waals surface area (Å²) in [6.45, 7) is 2.04. The molecule has 2 aromatic carbocycles. The van der Waals surface area contributed by atoms with Crippen molar-refractivity contribution < 1.29 is 0 Å². The number of para-hydroxylation sites is 1. The highest BCUT2D eigenvalue weighted by Gasteiger charge is 2.08. The van der Waals surface area contributed by atoms with Crippen molar-refractivity contribution in [3.8, 4) is 0 Å². The molecule has 20 heavy (non-hydrogen) atoms. The van der Waals surface area contributed by atoms with Gasteiger partial charge in [-0.15, -0.1) is 0 Å². The molecule has 0 saturated heterocycles. The predicted octanol–water partition coefficient (Wildman–Crippen LogP) is 3.44. The second kappa shape index (κ2) is 5.92. The van der Waals surface area contributed by atoms with Crippen molar-refractivity contribution in [3.05, 3.63) is 53.6 Å². The lowest BCUT2D eigenvalue weighted by Crippen LogP contribution is -2.13. The monoisotopic (exact) mass is 285 g/mol. The van der Waals surface area contributed by atoms with E-state index in [-0.39, 0.29) is 0 Å². The van der Waals surface area contributed by atoms with Crippen LogP contribution in [-0.4, -0.2) is 19.1 Å². The number of nitrogens with zero attached hydrogens (tertiary/aromatic N) is 1. The lowest BCUT2D eigenvalue weighted by molar-refractivity contribution is 1.13. The van der Waals surface area contributed by atoms with Crippen LogP contribution in [0.25, 0.3) is 0 Å². The fraction of sp³-hybridized carbons (Fsp3) is 0.188. The molecule has 0 unspecified atom stereocenters. The summed E-state index contributed by atoms with van der Waals surface area (Å²) in [6.07, 6.45) is 0. The summed E-state index contributed by atoms with van der Waals surface area (Å²) < 4.78 is 0. The molecule has 3 N–H and O–H groups in total. The topological polar surface area (TPSA) is 41.3 Å². The fourth-order valence-electron chi connectivity index (χ4n) is 2.05. The molecule has 2 aromatic rings. The van der Waals surface area contributed by atoms with Gasteiger partial charge in [0.1, 0.15) is 4.99 Å². The minimum atomic E-state index is 0.403. The Morgan fingerprint density at radius 1 is 1.15 bits per heavy atom. The van der Waals surface area contributed by atoms with Crippen LogP contribution < -0.4 is 16.0 Å². The third kappa shape index (κ3) is 3.08. The zero-order valence-electron chi connectivity index (χ0n) is 12.0. The van der Waals surface area contributed by atoms with Gasteiger partial charge in [0.05, 0.1) is 5.69 Å². The van der Waals surface area contributed by atoms with Gasteiger partial charge in [-0.05, 0) is 36.8 Å². The molecule has 0 fully saturated rings. The zero-order valence-corrected chi connectivity index (χ0v) is 12.8. The molecular formula is C16H19N3S. The highest BCUT2D eigenvalue weighted by atomic mass is 32.1. The maximum atomic E-state index is 5.80. The van der Waals surface area contributed by atoms with E-state index < -0.39 is 0 Å². The van der Waals surface area contributed by atoms with Gasteiger partial charge in [-0.25, -0.2) is 0 Å². The van der Waals surface area contributed by atoms with Crippen molar-refractivity contribution in [2.24, 2.45) is 5.73 Å². The zero-order chi connectivity index (χ0) is 14.7. The Bertz CT molecular complexity index is 635. The molecule has 0 heterocycles. The average Bonchev–Trinajstić information content (AvgIpc) is 2.41. The van der Waals surface area contributed by atoms with Crippen LogP contribution in [0.3, 0.4) is 0 Å². The lowest BCUT2D eigenvalue weighted by atomic mass is 10.1. The van der Waals surface area contributed by atoms with Gasteiger partial charge in [0.15, 0.2) is 0 Å². The van der Waals surface area contributed by atoms with Gasteiger partial charge in [0.2, 0.25) is 0 Å². The third-order valence-corrected chi connectivity index (χ3v) is 3.39. The Morgan fingerprint density at radius 3 is 2.50 bits per heavy atom. The van der Waals surface area contributed by atoms with E-state index in [4.69, 9.17) is 18.0 Å². The van der Waals surface area contributed by atoms with E-state index in [1.54, 1.807) is 0 Å². The van der Waals surface area contributed by atoms with Crippen LogP contribution in [0.4, 0.5) is 17.1 Å². The molecule has 0 aliphatic carbocycles. The maximum Gasteiger partial charge on any atom is 0.106 e. The van der Waals surface area contributed by atoms with Crippen LogP contribution in [0.2, 0.25) is 0 Å². The van der Waals surface area contributed by atoms with E-state index in [2.05, 4.69) is 22.3 Å². The van der Waals surface area contributed by atoms with Crippen LogP contribution in [0.5, 0.6) is 0 Å². The number of anilines is 3. The number of hydrogen-bond donors (Lipinski definition) is 2. The molecule has 0 aliphatic rings. The van der Waals surface area contributed by atoms with Crippen molar-refractivity contribution in [2.75, 3.05) is 24.3 Å². The first-order chi connectivity index (χ1) is 9.49. The molecule has 0 aliphatic heterocycles. The predicted molar refractivity (Wildman–Crippen MR) is 91.1 cm³/mol. The molecule has 0 saturated carbocycles. The molecule has 0 aromatic heterocycles. The van der Waals surface area contributed by atoms with E-state index in [0.29, 0.717) is 4.99 Å². The van der Waals surface area contributed by atoms with Gasteiger partial charge in [-0.3, -0.25) is 0 Å². The molecule has 3 nitrogen and oxygen atoms in total. The van der Waals surface area contributed by atoms with Gasteiger partial charge in [-0.1, -0.05) is 30.4 Å². The van der Waals surface area contributed by atoms with Crippen molar-refractivity contribution >= 4 is 34.3 Å². The number of nitrogens with two attached hydrogens (primary N) is 1. The second-order valence-electron chi connectivity index (χ2n) is 4.93. The summed E-state index contributed by atoms with van der Waals surface area (Å²) in [5, 5.41) is 3.42. The number of hydrogen-bond acceptors (Lipinski definition) is 3. The van der Waals surface area contributed by atoms with E-state index in [1.165, 1.54) is 0 Å². The standard InChI is InChI=1S/C16H19N3S/c1-11-6-4-9-14(16(17)20)15(11)18-12-7-5-8-13(10-12)19(2)3/h4-10,18H,1-3H3,(H2,17,20). The molecular weight excluding hydrogens is 266 g/mol. The van der Waals surface area contributed by atoms with Gasteiger partial charge in [-0.2, -0.15) is 0 Å². The Hall–Kier alpha value is -2.07. The Morgan fingerprint density at radius 2 is 1.85 bits per heavy atom. The van der Waals surface area contributed by atoms with E-state index in [9.17, 15) is 0 Å². The molecule has 0 atom stereocenters. The number of rotatable bonds is 4. The van der Waals surface area contributed by atoms with E-state index in [0.717, 1.165) is 28.2 Å². The van der Waals surface area contributed by atoms with Crippen LogP contribution in [0, 0.1) is 6.92 Å². The summed E-state index contributed by atoms with van der Waals surface area (Å²) in [5.41, 5.74) is 10.9. The van der Waals surface area contributed by atoms with Gasteiger partial charge < -0.3 is 16.0 Å². The van der Waals surface area contributed by atoms with Crippen LogP contribution in [-0.2, 0) is 0 Å². The number of benzene rings is 2. The highest BCUT2D eigenvalue weighted by Crippen LogP contribution is 2.26. The summed E-state index contributed by atoms with van der Waals surface area (Å²) in [7, 11) is 4.04. The van der Waals surface area contributed by atoms with E-state index >= 15 is 0 Å². The molecule has 4 heteroatoms. The Balaban J connectivity index is 2.40. The van der Waals surface area contributed by atoms with Gasteiger partial charge in [0, 0.05) is 31.0 Å². The maximum absolute atomic E-state index is 5.80. The summed E-state index contributed by atoms with van der Waals surface area (Å²) in [4.78, 5) is 2.47. The Labute approximate surface area is 125 Å². The minimum Gasteiger partial charge on any atom is -0.389 e. The molecule has 2 rings (SSSR count). The fourth-order valence-corrected chi connectivity index (χ4v) is 2.22. The first kappa shape index (κ1) is 14.3. The van der Waals surface area contributed by atoms with Gasteiger partial charge >= 0.3 is 0 Å². The summed E-state index contributed by atoms with van der Waals surface area (Å²) >= 11 is 5.12. The van der Waals surface area contributed by atoms with Crippen molar-refractivity contribution in [2.45, 2.75) is 6.92 Å². The summed E-state index contributed by atoms with van der Waals surface area (Å²) in [6, 6.07) is 14.2. The molecule has 0 amide bonds. The van der Waals surface area contributed by atoms with Crippen LogP contribution in [0.1, 0.15) is 11.1 Å². The van der Waals surface area contributed by atoms with Gasteiger partial charge in [0.25, 0.3) is 0 Å². The second-order valence-corrected chi connectivity index (χ2v) is 5.37. The largest absolute Gasteiger partial charge is 0.389 e. The lowest BCUT2D eigenvalue weighted by Gasteiger charge is -2.17. The van der Waals surface area contributed by atoms with E-state index in [1.807, 2.05) is 51.4 Å². The quantitative estimate of drug-likeness (QED) is 0.844. The first-order valence-corrected chi connectivity index (χ1v) is 6.83. The molecule has 104 valence electrons. The highest BCUT2D eigenvalue weighted by molar-refractivity contribution is 7.80. The average molecular weight is 285 g/mol. The minimum absolute atomic E-state index is 0.403. The van der Waals surface area contributed by atoms with Crippen LogP contribution >= 0.6 is 12.2 Å². The Kier molecular flexibility index (Phi) is 4.25. The summed E-state index contributed by atoms with van der Waals surface area (Å²) in [5.74, 6) is 0. The number of nitrogens with one attached hydrogen (secondary N) is 1. The van der Waals surface area contributed by atoms with Crippen LogP contribution in [0.15, 0.2) is 42.5 Å². The SMILES string of the molecule is Cc1cccc(C(N)=S)c1Nc1cccc(N(C)C)c1. The smallest absolute Gasteiger partial charge is 0.106 e. The third-order valence-electron chi connectivity index (χ3n) is 3.17. The molecule has 0 spiro atoms. The molecule has 0 bridgehead atoms. The molecule has 0 radical (unpaired) electrons. The number of thiocarbonyl (C=S) groups is 1.